The molecule has 1 aliphatic carbocycles. The molecule has 0 atom stereocenters. The summed E-state index contributed by atoms with van der Waals surface area (Å²) in [5, 5.41) is 0. The van der Waals surface area contributed by atoms with Gasteiger partial charge < -0.3 is 4.90 Å². The number of thioether (sulfide) groups is 1. The van der Waals surface area contributed by atoms with Crippen molar-refractivity contribution in [2.75, 3.05) is 18.0 Å². The van der Waals surface area contributed by atoms with Crippen LogP contribution in [0.2, 0.25) is 0 Å². The summed E-state index contributed by atoms with van der Waals surface area (Å²) in [4.78, 5) is 5.28. The van der Waals surface area contributed by atoms with E-state index in [4.69, 9.17) is 18.6 Å². The first kappa shape index (κ1) is 37.8. The van der Waals surface area contributed by atoms with E-state index in [9.17, 15) is 0 Å². The van der Waals surface area contributed by atoms with Crippen LogP contribution in [-0.2, 0) is 10.8 Å². The van der Waals surface area contributed by atoms with Crippen LogP contribution in [0.5, 0.6) is 0 Å². The number of rotatable bonds is 9. The van der Waals surface area contributed by atoms with E-state index in [1.807, 2.05) is 11.8 Å². The average molecular weight is 713 g/mol. The Morgan fingerprint density at radius 3 is 2.08 bits per heavy atom. The lowest BCUT2D eigenvalue weighted by atomic mass is 9.81. The Hall–Kier alpha value is -3.43. The molecule has 0 aromatic heterocycles. The van der Waals surface area contributed by atoms with Crippen LogP contribution in [-0.4, -0.2) is 23.4 Å². The van der Waals surface area contributed by atoms with E-state index < -0.39 is 10.2 Å². The number of anilines is 1. The molecule has 6 rings (SSSR count). The van der Waals surface area contributed by atoms with Crippen molar-refractivity contribution < 1.29 is 33.5 Å². The van der Waals surface area contributed by atoms with Gasteiger partial charge in [-0.1, -0.05) is 106 Å². The third-order valence-corrected chi connectivity index (χ3v) is 11.1. The van der Waals surface area contributed by atoms with Crippen LogP contribution in [0.1, 0.15) is 84.8 Å². The highest BCUT2D eigenvalue weighted by molar-refractivity contribution is 8.03. The van der Waals surface area contributed by atoms with Crippen LogP contribution in [0.15, 0.2) is 130 Å². The second kappa shape index (κ2) is 15.9. The Morgan fingerprint density at radius 2 is 1.40 bits per heavy atom. The summed E-state index contributed by atoms with van der Waals surface area (Å²) in [7, 11) is -4.94. The number of fused-ring (bicyclic) bond motifs is 2. The smallest absolute Gasteiger partial charge is 0.209 e. The molecule has 0 saturated heterocycles. The first-order valence-corrected chi connectivity index (χ1v) is 19.6. The van der Waals surface area contributed by atoms with Crippen molar-refractivity contribution in [2.45, 2.75) is 89.4 Å². The van der Waals surface area contributed by atoms with Gasteiger partial charge >= 0.3 is 0 Å². The van der Waals surface area contributed by atoms with Gasteiger partial charge in [0, 0.05) is 57.3 Å². The van der Waals surface area contributed by atoms with E-state index in [0.717, 1.165) is 38.8 Å². The lowest BCUT2D eigenvalue weighted by molar-refractivity contribution is -2.00. The maximum atomic E-state index is 8.49. The van der Waals surface area contributed by atoms with Crippen LogP contribution < -0.4 is 23.5 Å². The fraction of sp³-hybridized carbons (Fsp3) is 0.357. The summed E-state index contributed by atoms with van der Waals surface area (Å²) in [6.45, 7) is 16.2. The van der Waals surface area contributed by atoms with Crippen LogP contribution >= 0.6 is 11.8 Å². The van der Waals surface area contributed by atoms with Crippen molar-refractivity contribution >= 4 is 28.8 Å². The fourth-order valence-corrected chi connectivity index (χ4v) is 8.66. The number of para-hydroxylation sites is 2. The number of halogens is 1. The Morgan fingerprint density at radius 1 is 0.760 bits per heavy atom. The number of hydrogen-bond acceptors (Lipinski definition) is 6. The standard InChI is InChI=1S/C42H49N2S.ClHO4/c1-7-29-43-36-23-14-12-21-34(36)41(3,4)38(43)27-25-31-17-16-18-32(40(31)45-33-19-10-9-11-20-33)26-28-39-42(5,6)35-22-13-15-24-37(35)44(39)30-8-2;2-1(3,4)5/h9-15,19-28H,7-8,16-18,29-30H2,1-6H3;(H,2,3,4,5)/q+1;/p-1. The second-order valence-electron chi connectivity index (χ2n) is 14.1. The fourth-order valence-electron chi connectivity index (χ4n) is 7.53. The molecule has 50 heavy (non-hydrogen) atoms. The molecule has 0 spiro atoms. The molecule has 8 heteroatoms. The summed E-state index contributed by atoms with van der Waals surface area (Å²) in [6, 6.07) is 28.9. The van der Waals surface area contributed by atoms with Gasteiger partial charge in [-0.05, 0) is 80.5 Å². The van der Waals surface area contributed by atoms with E-state index in [-0.39, 0.29) is 10.8 Å². The Balaban J connectivity index is 0.000000908. The third-order valence-electron chi connectivity index (χ3n) is 9.82. The molecule has 6 nitrogen and oxygen atoms in total. The van der Waals surface area contributed by atoms with Crippen LogP contribution in [0.25, 0.3) is 0 Å². The number of hydrogen-bond donors (Lipinski definition) is 0. The quantitative estimate of drug-likeness (QED) is 0.234. The second-order valence-corrected chi connectivity index (χ2v) is 15.9. The topological polar surface area (TPSA) is 98.5 Å². The lowest BCUT2D eigenvalue weighted by Crippen LogP contribution is -2.68. The highest BCUT2D eigenvalue weighted by Gasteiger charge is 2.44. The molecule has 0 N–H and O–H groups in total. The molecule has 3 aromatic carbocycles. The van der Waals surface area contributed by atoms with Crippen molar-refractivity contribution in [3.05, 3.63) is 136 Å². The Bertz CT molecular complexity index is 1830. The van der Waals surface area contributed by atoms with Gasteiger partial charge in [0.1, 0.15) is 6.54 Å². The maximum absolute atomic E-state index is 8.49. The van der Waals surface area contributed by atoms with Gasteiger partial charge in [0.15, 0.2) is 5.71 Å². The van der Waals surface area contributed by atoms with Crippen LogP contribution in [0, 0.1) is 10.2 Å². The first-order valence-electron chi connectivity index (χ1n) is 17.6. The van der Waals surface area contributed by atoms with Gasteiger partial charge in [-0.3, -0.25) is 0 Å². The molecule has 0 saturated carbocycles. The number of benzene rings is 3. The monoisotopic (exact) mass is 712 g/mol. The van der Waals surface area contributed by atoms with Gasteiger partial charge in [-0.15, -0.1) is 10.2 Å². The molecular formula is C42H49ClN2O4S. The zero-order chi connectivity index (χ0) is 36.1. The van der Waals surface area contributed by atoms with Crippen molar-refractivity contribution in [1.29, 1.82) is 0 Å². The number of allylic oxidation sites excluding steroid dienone is 7. The lowest BCUT2D eigenvalue weighted by Gasteiger charge is -2.27. The molecule has 0 bridgehead atoms. The summed E-state index contributed by atoms with van der Waals surface area (Å²) in [6.07, 6.45) is 15.4. The molecule has 0 unspecified atom stereocenters. The minimum absolute atomic E-state index is 0.0287. The normalized spacial score (nSPS) is 19.7. The predicted molar refractivity (Wildman–Crippen MR) is 195 cm³/mol. The van der Waals surface area contributed by atoms with Crippen molar-refractivity contribution in [3.8, 4) is 0 Å². The van der Waals surface area contributed by atoms with Crippen molar-refractivity contribution in [1.82, 2.24) is 0 Å². The van der Waals surface area contributed by atoms with E-state index in [2.05, 4.69) is 154 Å². The highest BCUT2D eigenvalue weighted by Crippen LogP contribution is 2.48. The van der Waals surface area contributed by atoms with Crippen LogP contribution in [0.3, 0.4) is 0 Å². The molecule has 3 aromatic rings. The Kier molecular flexibility index (Phi) is 12.0. The molecule has 264 valence electrons. The molecular weight excluding hydrogens is 664 g/mol. The van der Waals surface area contributed by atoms with Gasteiger partial charge in [0.25, 0.3) is 0 Å². The predicted octanol–water partition coefficient (Wildman–Crippen LogP) is 6.52. The van der Waals surface area contributed by atoms with Crippen LogP contribution in [0.4, 0.5) is 11.4 Å². The van der Waals surface area contributed by atoms with Gasteiger partial charge in [-0.2, -0.15) is 4.58 Å². The molecule has 0 amide bonds. The number of nitrogens with zero attached hydrogens (tertiary/aromatic N) is 2. The largest absolute Gasteiger partial charge is 0.344 e. The van der Waals surface area contributed by atoms with Gasteiger partial charge in [-0.25, -0.2) is 18.6 Å². The van der Waals surface area contributed by atoms with Gasteiger partial charge in [0.2, 0.25) is 5.69 Å². The molecule has 3 aliphatic rings. The van der Waals surface area contributed by atoms with E-state index in [1.54, 1.807) is 0 Å². The SMILES string of the molecule is CCCN1/C(=C\C=C2/CCCC(/C=C/C3=[N+](CCC)c4ccccc4C3(C)C)=C2Sc2ccccc2)C(C)(C)c2ccccc21.[O-][Cl+3]([O-])([O-])[O-]. The van der Waals surface area contributed by atoms with E-state index in [0.29, 0.717) is 0 Å². The summed E-state index contributed by atoms with van der Waals surface area (Å²) < 4.78 is 36.5. The zero-order valence-electron chi connectivity index (χ0n) is 30.1. The summed E-state index contributed by atoms with van der Waals surface area (Å²) >= 11 is 1.94. The maximum Gasteiger partial charge on any atom is 0.209 e. The minimum Gasteiger partial charge on any atom is -0.344 e. The first-order chi connectivity index (χ1) is 23.8. The third kappa shape index (κ3) is 8.37. The highest BCUT2D eigenvalue weighted by atomic mass is 35.7. The average Bonchev–Trinajstić information content (AvgIpc) is 3.42. The summed E-state index contributed by atoms with van der Waals surface area (Å²) in [5.74, 6) is 0. The van der Waals surface area contributed by atoms with E-state index in [1.165, 1.54) is 61.3 Å². The minimum atomic E-state index is -4.94. The molecule has 0 fully saturated rings. The summed E-state index contributed by atoms with van der Waals surface area (Å²) in [5.41, 5.74) is 11.2. The van der Waals surface area contributed by atoms with E-state index >= 15 is 0 Å². The molecule has 2 heterocycles. The van der Waals surface area contributed by atoms with Crippen molar-refractivity contribution in [2.24, 2.45) is 0 Å². The molecule has 0 radical (unpaired) electrons. The zero-order valence-corrected chi connectivity index (χ0v) is 31.7. The van der Waals surface area contributed by atoms with Crippen molar-refractivity contribution in [3.63, 3.8) is 0 Å². The van der Waals surface area contributed by atoms with Gasteiger partial charge in [0.05, 0.1) is 5.41 Å². The molecule has 2 aliphatic heterocycles. The Labute approximate surface area is 304 Å².